The first-order valence-electron chi connectivity index (χ1n) is 5.64. The molecule has 18 heavy (non-hydrogen) atoms. The van der Waals surface area contributed by atoms with Gasteiger partial charge >= 0.3 is 0 Å². The molecule has 2 aromatic rings. The molecule has 1 aliphatic heterocycles. The lowest BCUT2D eigenvalue weighted by atomic mass is 10.2. The largest absolute Gasteiger partial charge is 0.366 e. The number of aromatic nitrogens is 1. The van der Waals surface area contributed by atoms with Gasteiger partial charge in [0.15, 0.2) is 0 Å². The average Bonchev–Trinajstić information content (AvgIpc) is 2.79. The SMILES string of the molecule is Cl.Clc1ccc(CN2C=Cn3cccc3C2)cc1. The van der Waals surface area contributed by atoms with Crippen LogP contribution in [-0.2, 0) is 13.1 Å². The highest BCUT2D eigenvalue weighted by Gasteiger charge is 2.09. The molecule has 0 unspecified atom stereocenters. The minimum absolute atomic E-state index is 0. The molecule has 1 aromatic heterocycles. The van der Waals surface area contributed by atoms with E-state index in [0.717, 1.165) is 18.1 Å². The second-order valence-electron chi connectivity index (χ2n) is 4.24. The molecule has 0 saturated carbocycles. The van der Waals surface area contributed by atoms with Gasteiger partial charge in [-0.2, -0.15) is 0 Å². The number of rotatable bonds is 2. The predicted molar refractivity (Wildman–Crippen MR) is 77.7 cm³/mol. The molecule has 0 N–H and O–H groups in total. The quantitative estimate of drug-likeness (QED) is 0.807. The third-order valence-corrected chi connectivity index (χ3v) is 3.22. The molecule has 0 bridgehead atoms. The molecule has 0 amide bonds. The minimum Gasteiger partial charge on any atom is -0.366 e. The van der Waals surface area contributed by atoms with E-state index in [2.05, 4.69) is 52.3 Å². The van der Waals surface area contributed by atoms with Crippen molar-refractivity contribution in [3.63, 3.8) is 0 Å². The van der Waals surface area contributed by atoms with Crippen LogP contribution in [0.3, 0.4) is 0 Å². The summed E-state index contributed by atoms with van der Waals surface area (Å²) in [7, 11) is 0. The van der Waals surface area contributed by atoms with Gasteiger partial charge in [-0.1, -0.05) is 23.7 Å². The summed E-state index contributed by atoms with van der Waals surface area (Å²) < 4.78 is 2.15. The van der Waals surface area contributed by atoms with Gasteiger partial charge in [-0.15, -0.1) is 12.4 Å². The van der Waals surface area contributed by atoms with E-state index in [1.807, 2.05) is 12.1 Å². The summed E-state index contributed by atoms with van der Waals surface area (Å²) in [6, 6.07) is 12.2. The van der Waals surface area contributed by atoms with E-state index in [1.54, 1.807) is 0 Å². The van der Waals surface area contributed by atoms with Crippen LogP contribution in [0.15, 0.2) is 48.8 Å². The molecule has 0 atom stereocenters. The van der Waals surface area contributed by atoms with Crippen molar-refractivity contribution in [2.24, 2.45) is 0 Å². The highest BCUT2D eigenvalue weighted by molar-refractivity contribution is 6.30. The Bertz CT molecular complexity index is 543. The van der Waals surface area contributed by atoms with Crippen molar-refractivity contribution in [2.45, 2.75) is 13.1 Å². The average molecular weight is 281 g/mol. The van der Waals surface area contributed by atoms with Crippen LogP contribution >= 0.6 is 24.0 Å². The van der Waals surface area contributed by atoms with E-state index in [9.17, 15) is 0 Å². The Kier molecular flexibility index (Phi) is 4.00. The number of halogens is 2. The smallest absolute Gasteiger partial charge is 0.0584 e. The highest BCUT2D eigenvalue weighted by atomic mass is 35.5. The molecule has 2 heterocycles. The molecule has 1 aromatic carbocycles. The zero-order valence-corrected chi connectivity index (χ0v) is 11.4. The van der Waals surface area contributed by atoms with E-state index < -0.39 is 0 Å². The summed E-state index contributed by atoms with van der Waals surface area (Å²) in [5.74, 6) is 0. The summed E-state index contributed by atoms with van der Waals surface area (Å²) in [4.78, 5) is 2.29. The second kappa shape index (κ2) is 5.51. The van der Waals surface area contributed by atoms with Crippen molar-refractivity contribution >= 4 is 30.2 Å². The van der Waals surface area contributed by atoms with Gasteiger partial charge in [0, 0.05) is 35.9 Å². The monoisotopic (exact) mass is 280 g/mol. The first-order valence-corrected chi connectivity index (χ1v) is 6.01. The van der Waals surface area contributed by atoms with Gasteiger partial charge in [0.05, 0.1) is 6.54 Å². The fourth-order valence-corrected chi connectivity index (χ4v) is 2.19. The molecule has 1 aliphatic rings. The third-order valence-electron chi connectivity index (χ3n) is 2.97. The molecular formula is C14H14Cl2N2. The molecule has 0 saturated heterocycles. The summed E-state index contributed by atoms with van der Waals surface area (Å²) in [5, 5.41) is 0.789. The number of fused-ring (bicyclic) bond motifs is 1. The topological polar surface area (TPSA) is 8.17 Å². The van der Waals surface area contributed by atoms with Crippen molar-refractivity contribution in [1.82, 2.24) is 9.47 Å². The fourth-order valence-electron chi connectivity index (χ4n) is 2.07. The van der Waals surface area contributed by atoms with Gasteiger partial charge in [0.2, 0.25) is 0 Å². The van der Waals surface area contributed by atoms with Crippen molar-refractivity contribution in [3.8, 4) is 0 Å². The second-order valence-corrected chi connectivity index (χ2v) is 4.67. The molecule has 4 heteroatoms. The highest BCUT2D eigenvalue weighted by Crippen LogP contribution is 2.17. The van der Waals surface area contributed by atoms with Crippen LogP contribution in [0.1, 0.15) is 11.3 Å². The molecular weight excluding hydrogens is 267 g/mol. The van der Waals surface area contributed by atoms with Crippen LogP contribution in [0.5, 0.6) is 0 Å². The first kappa shape index (κ1) is 13.1. The normalized spacial score (nSPS) is 13.1. The Morgan fingerprint density at radius 2 is 1.83 bits per heavy atom. The van der Waals surface area contributed by atoms with Gasteiger partial charge in [0.1, 0.15) is 0 Å². The summed E-state index contributed by atoms with van der Waals surface area (Å²) in [6.45, 7) is 1.87. The first-order chi connectivity index (χ1) is 8.31. The molecule has 0 spiro atoms. The Balaban J connectivity index is 0.00000120. The molecule has 0 radical (unpaired) electrons. The lowest BCUT2D eigenvalue weighted by Gasteiger charge is -2.24. The maximum absolute atomic E-state index is 5.88. The summed E-state index contributed by atoms with van der Waals surface area (Å²) >= 11 is 5.88. The maximum Gasteiger partial charge on any atom is 0.0584 e. The van der Waals surface area contributed by atoms with Gasteiger partial charge in [0.25, 0.3) is 0 Å². The van der Waals surface area contributed by atoms with E-state index >= 15 is 0 Å². The van der Waals surface area contributed by atoms with Crippen LogP contribution < -0.4 is 0 Å². The van der Waals surface area contributed by atoms with Crippen LogP contribution in [0.2, 0.25) is 5.02 Å². The van der Waals surface area contributed by atoms with Crippen molar-refractivity contribution in [2.75, 3.05) is 0 Å². The zero-order valence-electron chi connectivity index (χ0n) is 9.79. The lowest BCUT2D eigenvalue weighted by molar-refractivity contribution is 0.348. The zero-order chi connectivity index (χ0) is 11.7. The minimum atomic E-state index is 0. The van der Waals surface area contributed by atoms with E-state index in [1.165, 1.54) is 11.3 Å². The van der Waals surface area contributed by atoms with Gasteiger partial charge in [-0.25, -0.2) is 0 Å². The predicted octanol–water partition coefficient (Wildman–Crippen LogP) is 4.01. The van der Waals surface area contributed by atoms with Gasteiger partial charge in [-0.3, -0.25) is 0 Å². The van der Waals surface area contributed by atoms with E-state index in [4.69, 9.17) is 11.6 Å². The van der Waals surface area contributed by atoms with E-state index in [-0.39, 0.29) is 12.4 Å². The maximum atomic E-state index is 5.88. The molecule has 0 fully saturated rings. The standard InChI is InChI=1S/C14H13ClN2.ClH/c15-13-5-3-12(4-6-13)10-16-8-9-17-7-1-2-14(17)11-16;/h1-9H,10-11H2;1H. The molecule has 0 aliphatic carbocycles. The van der Waals surface area contributed by atoms with Gasteiger partial charge in [-0.05, 0) is 29.8 Å². The van der Waals surface area contributed by atoms with Crippen molar-refractivity contribution < 1.29 is 0 Å². The van der Waals surface area contributed by atoms with Crippen LogP contribution in [0, 0.1) is 0 Å². The van der Waals surface area contributed by atoms with Crippen LogP contribution in [-0.4, -0.2) is 9.47 Å². The Hall–Kier alpha value is -1.38. The molecule has 2 nitrogen and oxygen atoms in total. The van der Waals surface area contributed by atoms with Crippen LogP contribution in [0.25, 0.3) is 6.20 Å². The van der Waals surface area contributed by atoms with Gasteiger partial charge < -0.3 is 9.47 Å². The summed E-state index contributed by atoms with van der Waals surface area (Å²) in [5.41, 5.74) is 2.60. The lowest BCUT2D eigenvalue weighted by Crippen LogP contribution is -2.21. The van der Waals surface area contributed by atoms with Crippen molar-refractivity contribution in [1.29, 1.82) is 0 Å². The van der Waals surface area contributed by atoms with Crippen molar-refractivity contribution in [3.05, 3.63) is 65.1 Å². The Morgan fingerprint density at radius 1 is 1.06 bits per heavy atom. The van der Waals surface area contributed by atoms with Crippen LogP contribution in [0.4, 0.5) is 0 Å². The Labute approximate surface area is 118 Å². The van der Waals surface area contributed by atoms with E-state index in [0.29, 0.717) is 0 Å². The number of hydrogen-bond donors (Lipinski definition) is 0. The number of nitrogens with zero attached hydrogens (tertiary/aromatic N) is 2. The molecule has 3 rings (SSSR count). The molecule has 94 valence electrons. The number of benzene rings is 1. The third kappa shape index (κ3) is 2.71. The fraction of sp³-hybridized carbons (Fsp3) is 0.143. The Morgan fingerprint density at radius 3 is 2.61 bits per heavy atom. The number of hydrogen-bond acceptors (Lipinski definition) is 1. The summed E-state index contributed by atoms with van der Waals surface area (Å²) in [6.07, 6.45) is 6.29.